The van der Waals surface area contributed by atoms with E-state index in [4.69, 9.17) is 5.11 Å². The number of anilines is 1. The maximum atomic E-state index is 12.0. The van der Waals surface area contributed by atoms with Gasteiger partial charge >= 0.3 is 5.97 Å². The minimum Gasteiger partial charge on any atom is -0.481 e. The van der Waals surface area contributed by atoms with Gasteiger partial charge in [-0.1, -0.05) is 6.92 Å². The minimum atomic E-state index is -0.913. The fraction of sp³-hybridized carbons (Fsp3) is 0.615. The van der Waals surface area contributed by atoms with Gasteiger partial charge in [0.15, 0.2) is 5.13 Å². The van der Waals surface area contributed by atoms with E-state index in [1.165, 1.54) is 11.3 Å². The van der Waals surface area contributed by atoms with Gasteiger partial charge in [-0.2, -0.15) is 0 Å². The molecule has 0 saturated heterocycles. The topological polar surface area (TPSA) is 79.3 Å². The van der Waals surface area contributed by atoms with E-state index in [9.17, 15) is 9.59 Å². The van der Waals surface area contributed by atoms with Crippen molar-refractivity contribution in [1.29, 1.82) is 0 Å². The summed E-state index contributed by atoms with van der Waals surface area (Å²) in [5.74, 6) is -0.110. The van der Waals surface area contributed by atoms with Crippen LogP contribution in [0.5, 0.6) is 0 Å². The van der Waals surface area contributed by atoms with E-state index in [1.807, 2.05) is 0 Å². The van der Waals surface area contributed by atoms with Gasteiger partial charge in [0.1, 0.15) is 0 Å². The van der Waals surface area contributed by atoms with Crippen molar-refractivity contribution in [1.82, 2.24) is 4.98 Å². The van der Waals surface area contributed by atoms with Crippen molar-refractivity contribution >= 4 is 28.3 Å². The molecule has 0 bridgehead atoms. The van der Waals surface area contributed by atoms with Crippen molar-refractivity contribution in [2.75, 3.05) is 5.32 Å². The standard InChI is InChI=1S/C13H18N2O3S/c1-8-2-4-9(5-3-8)12(18)15-13-14-10(7-19-13)6-11(16)17/h7-9H,2-6H2,1H3,(H,16,17)(H,14,15,18). The van der Waals surface area contributed by atoms with E-state index in [0.717, 1.165) is 25.7 Å². The normalized spacial score (nSPS) is 23.0. The van der Waals surface area contributed by atoms with Crippen LogP contribution in [-0.2, 0) is 16.0 Å². The number of nitrogens with one attached hydrogen (secondary N) is 1. The number of hydrogen-bond donors (Lipinski definition) is 2. The Balaban J connectivity index is 1.88. The third-order valence-electron chi connectivity index (χ3n) is 3.50. The Morgan fingerprint density at radius 3 is 2.74 bits per heavy atom. The van der Waals surface area contributed by atoms with Gasteiger partial charge in [-0.25, -0.2) is 4.98 Å². The van der Waals surface area contributed by atoms with Crippen molar-refractivity contribution in [2.24, 2.45) is 11.8 Å². The average molecular weight is 282 g/mol. The van der Waals surface area contributed by atoms with Crippen LogP contribution in [0.15, 0.2) is 5.38 Å². The molecule has 0 radical (unpaired) electrons. The summed E-state index contributed by atoms with van der Waals surface area (Å²) < 4.78 is 0. The van der Waals surface area contributed by atoms with Crippen molar-refractivity contribution < 1.29 is 14.7 Å². The van der Waals surface area contributed by atoms with Crippen LogP contribution in [0, 0.1) is 11.8 Å². The Morgan fingerprint density at radius 2 is 2.11 bits per heavy atom. The lowest BCUT2D eigenvalue weighted by Crippen LogP contribution is -2.26. The molecule has 6 heteroatoms. The van der Waals surface area contributed by atoms with Gasteiger partial charge in [-0.15, -0.1) is 11.3 Å². The van der Waals surface area contributed by atoms with Crippen LogP contribution in [0.4, 0.5) is 5.13 Å². The highest BCUT2D eigenvalue weighted by Gasteiger charge is 2.24. The van der Waals surface area contributed by atoms with Gasteiger partial charge in [0.2, 0.25) is 5.91 Å². The zero-order chi connectivity index (χ0) is 13.8. The summed E-state index contributed by atoms with van der Waals surface area (Å²) in [5.41, 5.74) is 0.491. The third kappa shape index (κ3) is 4.02. The summed E-state index contributed by atoms with van der Waals surface area (Å²) >= 11 is 1.28. The largest absolute Gasteiger partial charge is 0.481 e. The first-order valence-corrected chi connectivity index (χ1v) is 7.39. The molecule has 0 atom stereocenters. The lowest BCUT2D eigenvalue weighted by atomic mass is 9.82. The zero-order valence-corrected chi connectivity index (χ0v) is 11.7. The summed E-state index contributed by atoms with van der Waals surface area (Å²) in [6.07, 6.45) is 3.95. The molecule has 19 heavy (non-hydrogen) atoms. The van der Waals surface area contributed by atoms with E-state index in [0.29, 0.717) is 16.7 Å². The molecule has 2 rings (SSSR count). The molecule has 0 aromatic carbocycles. The van der Waals surface area contributed by atoms with E-state index in [2.05, 4.69) is 17.2 Å². The fourth-order valence-corrected chi connectivity index (χ4v) is 3.04. The van der Waals surface area contributed by atoms with Gasteiger partial charge in [-0.3, -0.25) is 9.59 Å². The van der Waals surface area contributed by atoms with E-state index >= 15 is 0 Å². The second kappa shape index (κ2) is 6.14. The van der Waals surface area contributed by atoms with Crippen LogP contribution in [0.3, 0.4) is 0 Å². The molecule has 1 saturated carbocycles. The number of carbonyl (C=O) groups excluding carboxylic acids is 1. The van der Waals surface area contributed by atoms with Crippen LogP contribution >= 0.6 is 11.3 Å². The van der Waals surface area contributed by atoms with E-state index in [-0.39, 0.29) is 18.2 Å². The predicted molar refractivity (Wildman–Crippen MR) is 73.2 cm³/mol. The van der Waals surface area contributed by atoms with Gasteiger partial charge in [0, 0.05) is 11.3 Å². The molecule has 1 heterocycles. The smallest absolute Gasteiger partial charge is 0.309 e. The SMILES string of the molecule is CC1CCC(C(=O)Nc2nc(CC(=O)O)cs2)CC1. The maximum absolute atomic E-state index is 12.0. The van der Waals surface area contributed by atoms with Crippen LogP contribution in [0.1, 0.15) is 38.3 Å². The highest BCUT2D eigenvalue weighted by Crippen LogP contribution is 2.29. The monoisotopic (exact) mass is 282 g/mol. The number of hydrogen-bond acceptors (Lipinski definition) is 4. The fourth-order valence-electron chi connectivity index (χ4n) is 2.33. The number of aromatic nitrogens is 1. The molecule has 0 aliphatic heterocycles. The number of nitrogens with zero attached hydrogens (tertiary/aromatic N) is 1. The quantitative estimate of drug-likeness (QED) is 0.889. The third-order valence-corrected chi connectivity index (χ3v) is 4.31. The van der Waals surface area contributed by atoms with Crippen LogP contribution in [0.25, 0.3) is 0 Å². The summed E-state index contributed by atoms with van der Waals surface area (Å²) in [4.78, 5) is 26.7. The first kappa shape index (κ1) is 14.0. The van der Waals surface area contributed by atoms with Crippen molar-refractivity contribution in [2.45, 2.75) is 39.0 Å². The van der Waals surface area contributed by atoms with Gasteiger partial charge in [0.05, 0.1) is 12.1 Å². The Bertz CT molecular complexity index is 464. The van der Waals surface area contributed by atoms with Crippen LogP contribution < -0.4 is 5.32 Å². The molecule has 1 aromatic rings. The molecule has 1 aromatic heterocycles. The summed E-state index contributed by atoms with van der Waals surface area (Å²) in [5, 5.41) is 13.6. The second-order valence-corrected chi connectivity index (χ2v) is 6.02. The summed E-state index contributed by atoms with van der Waals surface area (Å²) in [6.45, 7) is 2.22. The molecule has 1 fully saturated rings. The Labute approximate surface area is 116 Å². The maximum Gasteiger partial charge on any atom is 0.309 e. The first-order chi connectivity index (χ1) is 9.04. The molecule has 1 aliphatic carbocycles. The lowest BCUT2D eigenvalue weighted by molar-refractivity contribution is -0.136. The van der Waals surface area contributed by atoms with Crippen molar-refractivity contribution in [3.8, 4) is 0 Å². The summed E-state index contributed by atoms with van der Waals surface area (Å²) in [6, 6.07) is 0. The van der Waals surface area contributed by atoms with Crippen molar-refractivity contribution in [3.63, 3.8) is 0 Å². The van der Waals surface area contributed by atoms with E-state index < -0.39 is 5.97 Å². The molecule has 5 nitrogen and oxygen atoms in total. The molecular weight excluding hydrogens is 264 g/mol. The number of amides is 1. The van der Waals surface area contributed by atoms with Crippen LogP contribution in [-0.4, -0.2) is 22.0 Å². The Kier molecular flexibility index (Phi) is 4.52. The number of carboxylic acids is 1. The Morgan fingerprint density at radius 1 is 1.42 bits per heavy atom. The molecule has 0 spiro atoms. The van der Waals surface area contributed by atoms with Crippen LogP contribution in [0.2, 0.25) is 0 Å². The number of carboxylic acid groups (broad SMARTS) is 1. The van der Waals surface area contributed by atoms with Crippen molar-refractivity contribution in [3.05, 3.63) is 11.1 Å². The Hall–Kier alpha value is -1.43. The van der Waals surface area contributed by atoms with E-state index in [1.54, 1.807) is 5.38 Å². The summed E-state index contributed by atoms with van der Waals surface area (Å²) in [7, 11) is 0. The lowest BCUT2D eigenvalue weighted by Gasteiger charge is -2.24. The molecular formula is C13H18N2O3S. The minimum absolute atomic E-state index is 0.0168. The molecule has 1 aliphatic rings. The number of aliphatic carboxylic acids is 1. The molecule has 1 amide bonds. The molecule has 0 unspecified atom stereocenters. The van der Waals surface area contributed by atoms with Gasteiger partial charge < -0.3 is 10.4 Å². The molecule has 2 N–H and O–H groups in total. The first-order valence-electron chi connectivity index (χ1n) is 6.51. The number of carbonyl (C=O) groups is 2. The predicted octanol–water partition coefficient (Wildman–Crippen LogP) is 2.54. The average Bonchev–Trinajstić information content (AvgIpc) is 2.76. The number of rotatable bonds is 4. The highest BCUT2D eigenvalue weighted by atomic mass is 32.1. The highest BCUT2D eigenvalue weighted by molar-refractivity contribution is 7.13. The van der Waals surface area contributed by atoms with Gasteiger partial charge in [0.25, 0.3) is 0 Å². The van der Waals surface area contributed by atoms with Gasteiger partial charge in [-0.05, 0) is 31.6 Å². The number of thiazole rings is 1. The molecule has 104 valence electrons. The second-order valence-electron chi connectivity index (χ2n) is 5.16. The zero-order valence-electron chi connectivity index (χ0n) is 10.9.